The number of nitrogens with zero attached hydrogens (tertiary/aromatic N) is 3. The molecule has 1 N–H and O–H groups in total. The molecule has 0 aliphatic heterocycles. The number of ether oxygens (including phenoxy) is 1. The van der Waals surface area contributed by atoms with E-state index in [2.05, 4.69) is 4.98 Å². The predicted molar refractivity (Wildman–Crippen MR) is 145 cm³/mol. The first kappa shape index (κ1) is 27.9. The second-order valence-corrected chi connectivity index (χ2v) is 11.4. The van der Waals surface area contributed by atoms with Crippen molar-refractivity contribution >= 4 is 27.5 Å². The lowest BCUT2D eigenvalue weighted by atomic mass is 9.94. The van der Waals surface area contributed by atoms with Crippen molar-refractivity contribution in [3.05, 3.63) is 74.1 Å². The Bertz CT molecular complexity index is 1620. The minimum absolute atomic E-state index is 0.0149. The van der Waals surface area contributed by atoms with Crippen molar-refractivity contribution in [1.82, 2.24) is 14.1 Å². The lowest BCUT2D eigenvalue weighted by Gasteiger charge is -2.32. The summed E-state index contributed by atoms with van der Waals surface area (Å²) in [5.41, 5.74) is -0.121. The fourth-order valence-corrected chi connectivity index (χ4v) is 6.23. The van der Waals surface area contributed by atoms with Crippen molar-refractivity contribution in [3.63, 3.8) is 0 Å². The van der Waals surface area contributed by atoms with E-state index in [0.717, 1.165) is 10.1 Å². The fourth-order valence-electron chi connectivity index (χ4n) is 5.09. The van der Waals surface area contributed by atoms with Crippen molar-refractivity contribution in [1.29, 1.82) is 0 Å². The number of aliphatic carboxylic acids is 1. The number of fused-ring (bicyclic) bond motifs is 1. The van der Waals surface area contributed by atoms with Gasteiger partial charge in [0.25, 0.3) is 5.56 Å². The van der Waals surface area contributed by atoms with Crippen LogP contribution in [0.5, 0.6) is 0 Å². The highest BCUT2D eigenvalue weighted by atomic mass is 32.1. The second kappa shape index (κ2) is 11.1. The van der Waals surface area contributed by atoms with Crippen molar-refractivity contribution in [2.45, 2.75) is 70.8 Å². The van der Waals surface area contributed by atoms with Crippen molar-refractivity contribution in [2.75, 3.05) is 0 Å². The molecule has 1 unspecified atom stereocenters. The minimum atomic E-state index is -2.72. The molecule has 0 saturated heterocycles. The number of hydrogen-bond donors (Lipinski definition) is 1. The summed E-state index contributed by atoms with van der Waals surface area (Å²) in [6.45, 7) is 2.86. The number of rotatable bonds is 9. The molecule has 3 aromatic heterocycles. The number of carbonyl (C=O) groups is 1. The molecule has 1 fully saturated rings. The summed E-state index contributed by atoms with van der Waals surface area (Å²) in [5, 5.41) is 9.71. The standard InChI is InChI=1S/C28H29F2N3O6S/c1-16(26(35)36)14-32-24(34)22-21(23-31-12-13-38-23)17(2)40-25(22)33(27(32)37)15-20(18-6-4-3-5-7-18)39-19-8-10-28(29,30)11-9-19/h3-7,12-13,16,19-20H,8-11,14-15H2,1-2H3,(H,35,36)/t16?,20-/m0/s1. The molecule has 212 valence electrons. The van der Waals surface area contributed by atoms with Crippen LogP contribution in [0, 0.1) is 12.8 Å². The molecule has 9 nitrogen and oxygen atoms in total. The molecule has 0 amide bonds. The van der Waals surface area contributed by atoms with Crippen molar-refractivity contribution in [3.8, 4) is 11.5 Å². The molecule has 4 aromatic rings. The number of carboxylic acid groups (broad SMARTS) is 1. The average Bonchev–Trinajstić information content (AvgIpc) is 3.57. The lowest BCUT2D eigenvalue weighted by molar-refractivity contribution is -0.141. The van der Waals surface area contributed by atoms with Gasteiger partial charge in [-0.3, -0.25) is 18.7 Å². The summed E-state index contributed by atoms with van der Waals surface area (Å²) in [5.74, 6) is -4.66. The van der Waals surface area contributed by atoms with Gasteiger partial charge in [-0.2, -0.15) is 0 Å². The smallest absolute Gasteiger partial charge is 0.332 e. The third-order valence-electron chi connectivity index (χ3n) is 7.30. The van der Waals surface area contributed by atoms with Crippen LogP contribution in [-0.4, -0.2) is 37.2 Å². The Labute approximate surface area is 231 Å². The Morgan fingerprint density at radius 2 is 1.90 bits per heavy atom. The number of aromatic nitrogens is 3. The third kappa shape index (κ3) is 5.50. The van der Waals surface area contributed by atoms with Crippen LogP contribution in [0.4, 0.5) is 8.78 Å². The number of oxazole rings is 1. The molecule has 1 saturated carbocycles. The molecule has 3 heterocycles. The normalized spacial score (nSPS) is 17.2. The summed E-state index contributed by atoms with van der Waals surface area (Å²) in [6.07, 6.45) is 1.54. The molecular weight excluding hydrogens is 544 g/mol. The highest BCUT2D eigenvalue weighted by molar-refractivity contribution is 7.19. The summed E-state index contributed by atoms with van der Waals surface area (Å²) in [6, 6.07) is 9.16. The van der Waals surface area contributed by atoms with E-state index in [1.807, 2.05) is 30.3 Å². The number of alkyl halides is 2. The zero-order valence-electron chi connectivity index (χ0n) is 22.0. The maximum Gasteiger partial charge on any atom is 0.332 e. The van der Waals surface area contributed by atoms with Crippen LogP contribution in [0.25, 0.3) is 21.7 Å². The van der Waals surface area contributed by atoms with Crippen LogP contribution in [0.3, 0.4) is 0 Å². The van der Waals surface area contributed by atoms with E-state index in [0.29, 0.717) is 15.3 Å². The number of benzene rings is 1. The summed E-state index contributed by atoms with van der Waals surface area (Å²) < 4.78 is 41.9. The van der Waals surface area contributed by atoms with Gasteiger partial charge in [0.2, 0.25) is 11.8 Å². The zero-order valence-corrected chi connectivity index (χ0v) is 22.8. The first-order chi connectivity index (χ1) is 19.1. The Morgan fingerprint density at radius 3 is 2.52 bits per heavy atom. The van der Waals surface area contributed by atoms with Crippen LogP contribution < -0.4 is 11.2 Å². The monoisotopic (exact) mass is 573 g/mol. The third-order valence-corrected chi connectivity index (χ3v) is 8.42. The predicted octanol–water partition coefficient (Wildman–Crippen LogP) is 5.24. The van der Waals surface area contributed by atoms with Gasteiger partial charge < -0.3 is 14.3 Å². The van der Waals surface area contributed by atoms with Crippen molar-refractivity contribution < 1.29 is 27.8 Å². The van der Waals surface area contributed by atoms with Gasteiger partial charge in [0, 0.05) is 24.3 Å². The molecule has 0 bridgehead atoms. The molecule has 0 radical (unpaired) electrons. The fraction of sp³-hybridized carbons (Fsp3) is 0.429. The maximum atomic E-state index is 13.9. The zero-order chi connectivity index (χ0) is 28.6. The molecule has 0 spiro atoms. The van der Waals surface area contributed by atoms with E-state index < -0.39 is 41.3 Å². The summed E-state index contributed by atoms with van der Waals surface area (Å²) >= 11 is 1.23. The molecule has 1 aromatic carbocycles. The minimum Gasteiger partial charge on any atom is -0.481 e. The number of thiophene rings is 1. The highest BCUT2D eigenvalue weighted by Gasteiger charge is 2.36. The largest absolute Gasteiger partial charge is 0.481 e. The van der Waals surface area contributed by atoms with E-state index >= 15 is 0 Å². The van der Waals surface area contributed by atoms with E-state index in [1.165, 1.54) is 35.3 Å². The van der Waals surface area contributed by atoms with Gasteiger partial charge >= 0.3 is 11.7 Å². The Hall–Kier alpha value is -3.64. The Morgan fingerprint density at radius 1 is 1.20 bits per heavy atom. The summed E-state index contributed by atoms with van der Waals surface area (Å²) in [7, 11) is 0. The molecule has 2 atom stereocenters. The van der Waals surface area contributed by atoms with Crippen molar-refractivity contribution in [2.24, 2.45) is 5.92 Å². The van der Waals surface area contributed by atoms with Crippen LogP contribution in [0.1, 0.15) is 49.2 Å². The van der Waals surface area contributed by atoms with E-state index in [1.54, 1.807) is 6.92 Å². The molecule has 1 aliphatic rings. The number of hydrogen-bond acceptors (Lipinski definition) is 7. The summed E-state index contributed by atoms with van der Waals surface area (Å²) in [4.78, 5) is 44.5. The SMILES string of the molecule is Cc1sc2c(c1-c1ncco1)c(=O)n(CC(C)C(=O)O)c(=O)n2C[C@H](OC1CCC(F)(F)CC1)c1ccccc1. The topological polar surface area (TPSA) is 117 Å². The van der Waals surface area contributed by atoms with Gasteiger partial charge in [0.1, 0.15) is 17.2 Å². The number of carboxylic acids is 1. The van der Waals surface area contributed by atoms with Crippen LogP contribution in [-0.2, 0) is 22.6 Å². The molecule has 5 rings (SSSR count). The molecule has 40 heavy (non-hydrogen) atoms. The first-order valence-corrected chi connectivity index (χ1v) is 13.8. The molecule has 12 heteroatoms. The van der Waals surface area contributed by atoms with E-state index in [-0.39, 0.29) is 50.0 Å². The maximum absolute atomic E-state index is 13.9. The highest BCUT2D eigenvalue weighted by Crippen LogP contribution is 2.38. The molecular formula is C28H29F2N3O6S. The van der Waals surface area contributed by atoms with Gasteiger partial charge in [-0.15, -0.1) is 11.3 Å². The second-order valence-electron chi connectivity index (χ2n) is 10.2. The average molecular weight is 574 g/mol. The van der Waals surface area contributed by atoms with Gasteiger partial charge in [-0.25, -0.2) is 18.6 Å². The van der Waals surface area contributed by atoms with Crippen LogP contribution in [0.2, 0.25) is 0 Å². The van der Waals surface area contributed by atoms with Gasteiger partial charge in [-0.1, -0.05) is 37.3 Å². The van der Waals surface area contributed by atoms with E-state index in [4.69, 9.17) is 9.15 Å². The number of aryl methyl sites for hydroxylation is 1. The van der Waals surface area contributed by atoms with Gasteiger partial charge in [0.05, 0.1) is 35.7 Å². The Balaban J connectivity index is 1.65. The van der Waals surface area contributed by atoms with Crippen LogP contribution in [0.15, 0.2) is 56.8 Å². The van der Waals surface area contributed by atoms with Gasteiger partial charge in [-0.05, 0) is 25.3 Å². The lowest BCUT2D eigenvalue weighted by Crippen LogP contribution is -2.43. The Kier molecular flexibility index (Phi) is 7.74. The number of halogens is 2. The molecule has 1 aliphatic carbocycles. The van der Waals surface area contributed by atoms with Gasteiger partial charge in [0.15, 0.2) is 0 Å². The quantitative estimate of drug-likeness (QED) is 0.291. The van der Waals surface area contributed by atoms with E-state index in [9.17, 15) is 28.3 Å². The van der Waals surface area contributed by atoms with Crippen LogP contribution >= 0.6 is 11.3 Å². The first-order valence-electron chi connectivity index (χ1n) is 13.0.